The van der Waals surface area contributed by atoms with E-state index in [0.717, 1.165) is 27.9 Å². The molecule has 0 amide bonds. The number of fused-ring (bicyclic) bond motifs is 1. The minimum absolute atomic E-state index is 0.664. The average molecular weight is 264 g/mol. The number of rotatable bonds is 2. The molecule has 20 heavy (non-hydrogen) atoms. The fourth-order valence-corrected chi connectivity index (χ4v) is 2.16. The van der Waals surface area contributed by atoms with Crippen LogP contribution in [0.3, 0.4) is 0 Å². The van der Waals surface area contributed by atoms with Crippen molar-refractivity contribution in [2.45, 2.75) is 13.8 Å². The molecule has 0 aliphatic rings. The Hall–Kier alpha value is -2.55. The molecule has 3 heteroatoms. The van der Waals surface area contributed by atoms with Gasteiger partial charge in [0.15, 0.2) is 11.5 Å². The summed E-state index contributed by atoms with van der Waals surface area (Å²) in [4.78, 5) is 4.56. The summed E-state index contributed by atoms with van der Waals surface area (Å²) in [5.41, 5.74) is 9.55. The molecule has 0 unspecified atom stereocenters. The number of nitrogen functional groups attached to an aromatic ring is 1. The number of nitrogens with two attached hydrogens (primary N) is 1. The first-order chi connectivity index (χ1) is 9.65. The van der Waals surface area contributed by atoms with E-state index in [1.54, 1.807) is 0 Å². The van der Waals surface area contributed by atoms with Crippen LogP contribution in [0, 0.1) is 13.8 Å². The molecule has 0 fully saturated rings. The van der Waals surface area contributed by atoms with E-state index in [1.807, 2.05) is 62.4 Å². The number of nitrogens with zero attached hydrogens (tertiary/aromatic N) is 1. The summed E-state index contributed by atoms with van der Waals surface area (Å²) < 4.78 is 5.97. The molecule has 100 valence electrons. The van der Waals surface area contributed by atoms with Crippen molar-refractivity contribution in [3.8, 4) is 11.5 Å². The van der Waals surface area contributed by atoms with Crippen LogP contribution in [0.25, 0.3) is 10.9 Å². The van der Waals surface area contributed by atoms with Crippen molar-refractivity contribution in [1.82, 2.24) is 4.98 Å². The lowest BCUT2D eigenvalue weighted by Gasteiger charge is -2.12. The van der Waals surface area contributed by atoms with Crippen molar-refractivity contribution in [3.63, 3.8) is 0 Å². The number of hydrogen-bond donors (Lipinski definition) is 1. The van der Waals surface area contributed by atoms with Crippen molar-refractivity contribution in [3.05, 3.63) is 59.8 Å². The third-order valence-corrected chi connectivity index (χ3v) is 3.33. The maximum absolute atomic E-state index is 6.06. The average Bonchev–Trinajstić information content (AvgIpc) is 2.44. The minimum Gasteiger partial charge on any atom is -0.453 e. The first-order valence-corrected chi connectivity index (χ1v) is 6.54. The summed E-state index contributed by atoms with van der Waals surface area (Å²) in [7, 11) is 0. The number of benzene rings is 2. The molecule has 2 N–H and O–H groups in total. The number of anilines is 1. The summed E-state index contributed by atoms with van der Waals surface area (Å²) in [6.45, 7) is 3.94. The standard InChI is InChI=1S/C17H16N2O/c1-11-5-3-7-14(16(11)18)20-15-8-4-6-13-10-9-12(2)19-17(13)15/h3-10H,18H2,1-2H3. The van der Waals surface area contributed by atoms with Crippen LogP contribution in [0.1, 0.15) is 11.3 Å². The molecule has 0 spiro atoms. The predicted molar refractivity (Wildman–Crippen MR) is 82.1 cm³/mol. The van der Waals surface area contributed by atoms with Crippen LogP contribution in [0.4, 0.5) is 5.69 Å². The van der Waals surface area contributed by atoms with Gasteiger partial charge in [0, 0.05) is 11.1 Å². The van der Waals surface area contributed by atoms with Crippen LogP contribution in [-0.4, -0.2) is 4.98 Å². The van der Waals surface area contributed by atoms with E-state index >= 15 is 0 Å². The second kappa shape index (κ2) is 4.85. The van der Waals surface area contributed by atoms with Crippen LogP contribution in [-0.2, 0) is 0 Å². The lowest BCUT2D eigenvalue weighted by atomic mass is 10.1. The third kappa shape index (κ3) is 2.18. The van der Waals surface area contributed by atoms with E-state index in [1.165, 1.54) is 0 Å². The van der Waals surface area contributed by atoms with Gasteiger partial charge in [0.25, 0.3) is 0 Å². The summed E-state index contributed by atoms with van der Waals surface area (Å²) in [5, 5.41) is 1.05. The van der Waals surface area contributed by atoms with E-state index in [2.05, 4.69) is 4.98 Å². The summed E-state index contributed by atoms with van der Waals surface area (Å²) in [6, 6.07) is 15.7. The van der Waals surface area contributed by atoms with Crippen molar-refractivity contribution < 1.29 is 4.74 Å². The van der Waals surface area contributed by atoms with Gasteiger partial charge in [-0.3, -0.25) is 0 Å². The molecule has 3 nitrogen and oxygen atoms in total. The highest BCUT2D eigenvalue weighted by Crippen LogP contribution is 2.33. The van der Waals surface area contributed by atoms with Gasteiger partial charge in [-0.25, -0.2) is 4.98 Å². The quantitative estimate of drug-likeness (QED) is 0.705. The van der Waals surface area contributed by atoms with Crippen molar-refractivity contribution in [1.29, 1.82) is 0 Å². The first kappa shape index (κ1) is 12.5. The second-order valence-corrected chi connectivity index (χ2v) is 4.87. The lowest BCUT2D eigenvalue weighted by molar-refractivity contribution is 0.489. The van der Waals surface area contributed by atoms with E-state index < -0.39 is 0 Å². The molecule has 0 bridgehead atoms. The smallest absolute Gasteiger partial charge is 0.153 e. The van der Waals surface area contributed by atoms with Gasteiger partial charge in [-0.05, 0) is 37.6 Å². The number of aryl methyl sites for hydroxylation is 2. The van der Waals surface area contributed by atoms with Crippen LogP contribution in [0.5, 0.6) is 11.5 Å². The Morgan fingerprint density at radius 1 is 0.900 bits per heavy atom. The van der Waals surface area contributed by atoms with Gasteiger partial charge in [-0.2, -0.15) is 0 Å². The number of ether oxygens (including phenoxy) is 1. The minimum atomic E-state index is 0.664. The summed E-state index contributed by atoms with van der Waals surface area (Å²) in [5.74, 6) is 1.39. The van der Waals surface area contributed by atoms with E-state index in [-0.39, 0.29) is 0 Å². The van der Waals surface area contributed by atoms with E-state index in [9.17, 15) is 0 Å². The van der Waals surface area contributed by atoms with Crippen molar-refractivity contribution in [2.75, 3.05) is 5.73 Å². The second-order valence-electron chi connectivity index (χ2n) is 4.87. The highest BCUT2D eigenvalue weighted by Gasteiger charge is 2.08. The maximum atomic E-state index is 6.06. The van der Waals surface area contributed by atoms with Gasteiger partial charge in [0.1, 0.15) is 5.52 Å². The molecule has 0 saturated carbocycles. The van der Waals surface area contributed by atoms with Gasteiger partial charge in [0.2, 0.25) is 0 Å². The molecular weight excluding hydrogens is 248 g/mol. The molecule has 1 aromatic heterocycles. The highest BCUT2D eigenvalue weighted by molar-refractivity contribution is 5.85. The Balaban J connectivity index is 2.11. The van der Waals surface area contributed by atoms with Crippen LogP contribution >= 0.6 is 0 Å². The normalized spacial score (nSPS) is 10.7. The van der Waals surface area contributed by atoms with Crippen molar-refractivity contribution in [2.24, 2.45) is 0 Å². The zero-order valence-electron chi connectivity index (χ0n) is 11.6. The van der Waals surface area contributed by atoms with Gasteiger partial charge in [0.05, 0.1) is 5.69 Å². The fourth-order valence-electron chi connectivity index (χ4n) is 2.16. The van der Waals surface area contributed by atoms with Gasteiger partial charge in [-0.1, -0.05) is 30.3 Å². The third-order valence-electron chi connectivity index (χ3n) is 3.33. The van der Waals surface area contributed by atoms with E-state index in [0.29, 0.717) is 11.4 Å². The number of aromatic nitrogens is 1. The number of pyridine rings is 1. The molecular formula is C17H16N2O. The lowest BCUT2D eigenvalue weighted by Crippen LogP contribution is -1.95. The Bertz CT molecular complexity index is 781. The molecule has 3 rings (SSSR count). The molecule has 0 atom stereocenters. The molecule has 3 aromatic rings. The van der Waals surface area contributed by atoms with Crippen LogP contribution in [0.15, 0.2) is 48.5 Å². The molecule has 0 saturated heterocycles. The largest absolute Gasteiger partial charge is 0.453 e. The Morgan fingerprint density at radius 3 is 2.50 bits per heavy atom. The zero-order chi connectivity index (χ0) is 14.1. The number of hydrogen-bond acceptors (Lipinski definition) is 3. The molecule has 1 heterocycles. The molecule has 0 radical (unpaired) electrons. The summed E-state index contributed by atoms with van der Waals surface area (Å²) in [6.07, 6.45) is 0. The fraction of sp³-hybridized carbons (Fsp3) is 0.118. The highest BCUT2D eigenvalue weighted by atomic mass is 16.5. The SMILES string of the molecule is Cc1ccc2cccc(Oc3cccc(C)c3N)c2n1. The number of para-hydroxylation sites is 2. The van der Waals surface area contributed by atoms with Crippen molar-refractivity contribution >= 4 is 16.6 Å². The van der Waals surface area contributed by atoms with Gasteiger partial charge >= 0.3 is 0 Å². The Morgan fingerprint density at radius 2 is 1.65 bits per heavy atom. The molecule has 0 aliphatic carbocycles. The molecule has 2 aromatic carbocycles. The first-order valence-electron chi connectivity index (χ1n) is 6.54. The van der Waals surface area contributed by atoms with Crippen LogP contribution < -0.4 is 10.5 Å². The Kier molecular flexibility index (Phi) is 3.03. The van der Waals surface area contributed by atoms with E-state index in [4.69, 9.17) is 10.5 Å². The zero-order valence-corrected chi connectivity index (χ0v) is 11.6. The maximum Gasteiger partial charge on any atom is 0.153 e. The predicted octanol–water partition coefficient (Wildman–Crippen LogP) is 4.23. The molecule has 0 aliphatic heterocycles. The Labute approximate surface area is 118 Å². The topological polar surface area (TPSA) is 48.1 Å². The monoisotopic (exact) mass is 264 g/mol. The van der Waals surface area contributed by atoms with Crippen LogP contribution in [0.2, 0.25) is 0 Å². The van der Waals surface area contributed by atoms with Gasteiger partial charge < -0.3 is 10.5 Å². The van der Waals surface area contributed by atoms with Gasteiger partial charge in [-0.15, -0.1) is 0 Å². The summed E-state index contributed by atoms with van der Waals surface area (Å²) >= 11 is 0.